The van der Waals surface area contributed by atoms with Crippen molar-refractivity contribution in [1.29, 1.82) is 0 Å². The average Bonchev–Trinajstić information content (AvgIpc) is 2.47. The van der Waals surface area contributed by atoms with Crippen LogP contribution in [0.2, 0.25) is 0 Å². The molecule has 0 aromatic heterocycles. The third kappa shape index (κ3) is 6.81. The molecule has 0 saturated carbocycles. The zero-order chi connectivity index (χ0) is 14.6. The fraction of sp³-hybridized carbons (Fsp3) is 0.667. The summed E-state index contributed by atoms with van der Waals surface area (Å²) in [4.78, 5) is 1.38. The lowest BCUT2D eigenvalue weighted by molar-refractivity contribution is 0.478. The van der Waals surface area contributed by atoms with E-state index in [0.29, 0.717) is 6.04 Å². The first-order valence-corrected chi connectivity index (χ1v) is 9.26. The largest absolute Gasteiger partial charge is 0.310 e. The molecule has 0 saturated heterocycles. The van der Waals surface area contributed by atoms with Gasteiger partial charge < -0.3 is 5.32 Å². The highest BCUT2D eigenvalue weighted by molar-refractivity contribution is 7.99. The number of unbranched alkanes of at least 4 members (excludes halogenated alkanes) is 4. The van der Waals surface area contributed by atoms with E-state index in [0.717, 1.165) is 12.3 Å². The Labute approximate surface area is 129 Å². The second-order valence-electron chi connectivity index (χ2n) is 5.32. The first kappa shape index (κ1) is 17.6. The van der Waals surface area contributed by atoms with Gasteiger partial charge in [0.2, 0.25) is 0 Å². The number of nitrogens with one attached hydrogen (secondary N) is 1. The van der Waals surface area contributed by atoms with Gasteiger partial charge in [-0.15, -0.1) is 11.8 Å². The van der Waals surface area contributed by atoms with E-state index in [2.05, 4.69) is 50.4 Å². The molecule has 114 valence electrons. The van der Waals surface area contributed by atoms with E-state index in [9.17, 15) is 0 Å². The highest BCUT2D eigenvalue weighted by Gasteiger charge is 2.09. The molecule has 0 spiro atoms. The third-order valence-electron chi connectivity index (χ3n) is 3.64. The van der Waals surface area contributed by atoms with Gasteiger partial charge in [0.1, 0.15) is 0 Å². The molecule has 0 fully saturated rings. The second kappa shape index (κ2) is 11.2. The molecule has 20 heavy (non-hydrogen) atoms. The summed E-state index contributed by atoms with van der Waals surface area (Å²) in [5.41, 5.74) is 1.45. The van der Waals surface area contributed by atoms with E-state index < -0.39 is 0 Å². The van der Waals surface area contributed by atoms with Crippen molar-refractivity contribution in [3.8, 4) is 0 Å². The maximum absolute atomic E-state index is 3.63. The number of benzene rings is 1. The molecule has 0 aliphatic heterocycles. The smallest absolute Gasteiger partial charge is 0.0320 e. The fourth-order valence-electron chi connectivity index (χ4n) is 2.55. The van der Waals surface area contributed by atoms with E-state index in [1.165, 1.54) is 49.0 Å². The number of hydrogen-bond acceptors (Lipinski definition) is 2. The maximum atomic E-state index is 3.63. The van der Waals surface area contributed by atoms with Gasteiger partial charge in [-0.3, -0.25) is 0 Å². The normalized spacial score (nSPS) is 12.6. The molecule has 0 bridgehead atoms. The Hall–Kier alpha value is -0.470. The highest BCUT2D eigenvalue weighted by Crippen LogP contribution is 2.24. The summed E-state index contributed by atoms with van der Waals surface area (Å²) in [6, 6.07) is 9.67. The molecule has 1 atom stereocenters. The van der Waals surface area contributed by atoms with Crippen LogP contribution in [0.15, 0.2) is 29.2 Å². The Kier molecular flexibility index (Phi) is 9.86. The van der Waals surface area contributed by atoms with Crippen LogP contribution in [0.1, 0.15) is 70.9 Å². The minimum atomic E-state index is 0.530. The number of thioether (sulfide) groups is 1. The lowest BCUT2D eigenvalue weighted by Crippen LogP contribution is -2.20. The third-order valence-corrected chi connectivity index (χ3v) is 4.53. The van der Waals surface area contributed by atoms with Crippen molar-refractivity contribution in [3.05, 3.63) is 29.8 Å². The number of hydrogen-bond donors (Lipinski definition) is 1. The SMILES string of the molecule is CCCCCCCC(NCC)c1ccc(SCC)cc1. The molecule has 1 nitrogen and oxygen atoms in total. The average molecular weight is 294 g/mol. The van der Waals surface area contributed by atoms with Gasteiger partial charge in [-0.25, -0.2) is 0 Å². The lowest BCUT2D eigenvalue weighted by atomic mass is 10.00. The first-order valence-electron chi connectivity index (χ1n) is 8.27. The van der Waals surface area contributed by atoms with Gasteiger partial charge in [0.15, 0.2) is 0 Å². The van der Waals surface area contributed by atoms with E-state index in [1.54, 1.807) is 0 Å². The summed E-state index contributed by atoms with van der Waals surface area (Å²) in [5.74, 6) is 1.15. The Bertz CT molecular complexity index is 334. The molecule has 1 rings (SSSR count). The predicted octanol–water partition coefficient (Wildman–Crippen LogP) is 5.81. The topological polar surface area (TPSA) is 12.0 Å². The number of rotatable bonds is 11. The van der Waals surface area contributed by atoms with Crippen molar-refractivity contribution in [2.75, 3.05) is 12.3 Å². The summed E-state index contributed by atoms with van der Waals surface area (Å²) in [7, 11) is 0. The van der Waals surface area contributed by atoms with Crippen molar-refractivity contribution >= 4 is 11.8 Å². The fourth-order valence-corrected chi connectivity index (χ4v) is 3.21. The Balaban J connectivity index is 2.47. The molecular weight excluding hydrogens is 262 g/mol. The van der Waals surface area contributed by atoms with E-state index in [4.69, 9.17) is 0 Å². The van der Waals surface area contributed by atoms with Gasteiger partial charge in [-0.1, -0.05) is 65.0 Å². The van der Waals surface area contributed by atoms with Crippen molar-refractivity contribution in [1.82, 2.24) is 5.32 Å². The van der Waals surface area contributed by atoms with Gasteiger partial charge in [-0.05, 0) is 36.4 Å². The predicted molar refractivity (Wildman–Crippen MR) is 92.6 cm³/mol. The molecule has 0 aliphatic carbocycles. The molecule has 2 heteroatoms. The standard InChI is InChI=1S/C18H31NS/c1-4-7-8-9-10-11-18(19-5-2)16-12-14-17(15-13-16)20-6-3/h12-15,18-19H,4-11H2,1-3H3. The van der Waals surface area contributed by atoms with Crippen LogP contribution in [-0.4, -0.2) is 12.3 Å². The molecule has 0 radical (unpaired) electrons. The van der Waals surface area contributed by atoms with E-state index in [1.807, 2.05) is 11.8 Å². The van der Waals surface area contributed by atoms with Crippen LogP contribution < -0.4 is 5.32 Å². The monoisotopic (exact) mass is 293 g/mol. The van der Waals surface area contributed by atoms with Gasteiger partial charge in [0.05, 0.1) is 0 Å². The van der Waals surface area contributed by atoms with E-state index >= 15 is 0 Å². The minimum Gasteiger partial charge on any atom is -0.310 e. The van der Waals surface area contributed by atoms with Crippen molar-refractivity contribution in [2.24, 2.45) is 0 Å². The summed E-state index contributed by atoms with van der Waals surface area (Å²) >= 11 is 1.92. The zero-order valence-corrected chi connectivity index (χ0v) is 14.3. The second-order valence-corrected chi connectivity index (χ2v) is 6.65. The van der Waals surface area contributed by atoms with E-state index in [-0.39, 0.29) is 0 Å². The molecule has 1 aromatic carbocycles. The van der Waals surface area contributed by atoms with Crippen molar-refractivity contribution < 1.29 is 0 Å². The van der Waals surface area contributed by atoms with Crippen LogP contribution in [0, 0.1) is 0 Å². The lowest BCUT2D eigenvalue weighted by Gasteiger charge is -2.18. The Morgan fingerprint density at radius 3 is 2.25 bits per heavy atom. The molecule has 0 aliphatic rings. The highest BCUT2D eigenvalue weighted by atomic mass is 32.2. The van der Waals surface area contributed by atoms with Crippen LogP contribution in [0.3, 0.4) is 0 Å². The molecule has 0 heterocycles. The summed E-state index contributed by atoms with van der Waals surface area (Å²) in [6.07, 6.45) is 8.07. The van der Waals surface area contributed by atoms with Gasteiger partial charge in [0, 0.05) is 10.9 Å². The molecule has 1 N–H and O–H groups in total. The molecule has 1 aromatic rings. The minimum absolute atomic E-state index is 0.530. The van der Waals surface area contributed by atoms with Crippen LogP contribution in [-0.2, 0) is 0 Å². The van der Waals surface area contributed by atoms with Crippen LogP contribution in [0.4, 0.5) is 0 Å². The summed E-state index contributed by atoms with van der Waals surface area (Å²) in [6.45, 7) is 7.73. The Morgan fingerprint density at radius 2 is 1.65 bits per heavy atom. The maximum Gasteiger partial charge on any atom is 0.0320 e. The van der Waals surface area contributed by atoms with Crippen molar-refractivity contribution in [2.45, 2.75) is 70.2 Å². The van der Waals surface area contributed by atoms with Crippen LogP contribution >= 0.6 is 11.8 Å². The molecule has 1 unspecified atom stereocenters. The van der Waals surface area contributed by atoms with Crippen molar-refractivity contribution in [3.63, 3.8) is 0 Å². The Morgan fingerprint density at radius 1 is 0.950 bits per heavy atom. The summed E-state index contributed by atoms with van der Waals surface area (Å²) in [5, 5.41) is 3.63. The zero-order valence-electron chi connectivity index (χ0n) is 13.5. The molecule has 0 amide bonds. The van der Waals surface area contributed by atoms with Crippen LogP contribution in [0.5, 0.6) is 0 Å². The van der Waals surface area contributed by atoms with Gasteiger partial charge >= 0.3 is 0 Å². The quantitative estimate of drug-likeness (QED) is 0.408. The van der Waals surface area contributed by atoms with Crippen LogP contribution in [0.25, 0.3) is 0 Å². The first-order chi connectivity index (χ1) is 9.81. The van der Waals surface area contributed by atoms with Gasteiger partial charge in [0.25, 0.3) is 0 Å². The van der Waals surface area contributed by atoms with Gasteiger partial charge in [-0.2, -0.15) is 0 Å². The summed E-state index contributed by atoms with van der Waals surface area (Å²) < 4.78 is 0. The molecular formula is C18H31NS.